The summed E-state index contributed by atoms with van der Waals surface area (Å²) in [5, 5.41) is 15.5. The Hall–Kier alpha value is -3.54. The Balaban J connectivity index is 1.95. The number of para-hydroxylation sites is 2. The molecule has 0 atom stereocenters. The van der Waals surface area contributed by atoms with E-state index >= 15 is 0 Å². The average molecular weight is 347 g/mol. The third-order valence-corrected chi connectivity index (χ3v) is 4.09. The topological polar surface area (TPSA) is 78.0 Å². The van der Waals surface area contributed by atoms with E-state index in [1.807, 2.05) is 37.3 Å². The molecule has 0 spiro atoms. The maximum Gasteiger partial charge on any atom is 0.276 e. The van der Waals surface area contributed by atoms with E-state index in [0.717, 1.165) is 11.4 Å². The number of hydrogen-bond acceptors (Lipinski definition) is 4. The van der Waals surface area contributed by atoms with Crippen molar-refractivity contribution in [3.05, 3.63) is 93.3 Å². The van der Waals surface area contributed by atoms with E-state index in [1.54, 1.807) is 29.8 Å². The summed E-state index contributed by atoms with van der Waals surface area (Å²) in [5.74, 6) is -0.236. The van der Waals surface area contributed by atoms with Gasteiger partial charge >= 0.3 is 0 Å². The minimum atomic E-state index is -0.464. The highest BCUT2D eigenvalue weighted by molar-refractivity contribution is 6.08. The van der Waals surface area contributed by atoms with E-state index < -0.39 is 4.92 Å². The van der Waals surface area contributed by atoms with Crippen LogP contribution in [-0.4, -0.2) is 20.5 Å². The Morgan fingerprint density at radius 1 is 1.08 bits per heavy atom. The second-order valence-electron chi connectivity index (χ2n) is 5.81. The number of rotatable bonds is 5. The van der Waals surface area contributed by atoms with Crippen molar-refractivity contribution < 1.29 is 9.72 Å². The number of carbonyl (C=O) groups excluding carboxylic acids is 1. The molecular weight excluding hydrogens is 330 g/mol. The number of aromatic nitrogens is 2. The van der Waals surface area contributed by atoms with E-state index in [-0.39, 0.29) is 11.5 Å². The van der Waals surface area contributed by atoms with Crippen LogP contribution in [0.4, 0.5) is 5.69 Å². The van der Waals surface area contributed by atoms with Crippen molar-refractivity contribution >= 4 is 17.5 Å². The van der Waals surface area contributed by atoms with Crippen LogP contribution in [0, 0.1) is 24.0 Å². The predicted octanol–water partition coefficient (Wildman–Crippen LogP) is 4.29. The standard InChI is InChI=1S/C20H17N3O3/c1-14-20(15(2)22(21-14)17-9-4-3-5-10-17)19(24)13-12-16-8-6-7-11-18(16)23(25)26/h3-13H,1-2H3. The van der Waals surface area contributed by atoms with Gasteiger partial charge in [0.2, 0.25) is 0 Å². The molecule has 6 nitrogen and oxygen atoms in total. The summed E-state index contributed by atoms with van der Waals surface area (Å²) >= 11 is 0. The van der Waals surface area contributed by atoms with Crippen LogP contribution in [-0.2, 0) is 0 Å². The Bertz CT molecular complexity index is 1000. The van der Waals surface area contributed by atoms with Crippen molar-refractivity contribution in [1.29, 1.82) is 0 Å². The second kappa shape index (κ2) is 7.14. The van der Waals surface area contributed by atoms with Gasteiger partial charge in [-0.25, -0.2) is 4.68 Å². The summed E-state index contributed by atoms with van der Waals surface area (Å²) in [4.78, 5) is 23.3. The van der Waals surface area contributed by atoms with Gasteiger partial charge in [-0.2, -0.15) is 5.10 Å². The largest absolute Gasteiger partial charge is 0.289 e. The van der Waals surface area contributed by atoms with Gasteiger partial charge in [0.05, 0.1) is 33.1 Å². The first-order valence-corrected chi connectivity index (χ1v) is 8.06. The fourth-order valence-electron chi connectivity index (χ4n) is 2.86. The van der Waals surface area contributed by atoms with Crippen LogP contribution in [0.3, 0.4) is 0 Å². The third-order valence-electron chi connectivity index (χ3n) is 4.09. The summed E-state index contributed by atoms with van der Waals surface area (Å²) in [7, 11) is 0. The molecule has 0 aliphatic heterocycles. The molecule has 0 aliphatic carbocycles. The fraction of sp³-hybridized carbons (Fsp3) is 0.100. The number of benzene rings is 2. The summed E-state index contributed by atoms with van der Waals surface area (Å²) < 4.78 is 1.72. The highest BCUT2D eigenvalue weighted by Gasteiger charge is 2.18. The number of nitro groups is 1. The smallest absolute Gasteiger partial charge is 0.276 e. The molecule has 3 aromatic rings. The summed E-state index contributed by atoms with van der Waals surface area (Å²) in [6, 6.07) is 15.9. The van der Waals surface area contributed by atoms with Crippen LogP contribution < -0.4 is 0 Å². The zero-order chi connectivity index (χ0) is 18.7. The average Bonchev–Trinajstić information content (AvgIpc) is 2.95. The minimum absolute atomic E-state index is 0.0371. The minimum Gasteiger partial charge on any atom is -0.289 e. The first-order valence-electron chi connectivity index (χ1n) is 8.06. The van der Waals surface area contributed by atoms with Crippen molar-refractivity contribution in [3.8, 4) is 5.69 Å². The molecule has 26 heavy (non-hydrogen) atoms. The molecule has 2 aromatic carbocycles. The first kappa shape index (κ1) is 17.3. The molecule has 0 N–H and O–H groups in total. The monoisotopic (exact) mass is 347 g/mol. The highest BCUT2D eigenvalue weighted by atomic mass is 16.6. The number of carbonyl (C=O) groups is 1. The number of nitrogens with zero attached hydrogens (tertiary/aromatic N) is 3. The van der Waals surface area contributed by atoms with E-state index in [0.29, 0.717) is 16.8 Å². The van der Waals surface area contributed by atoms with E-state index in [2.05, 4.69) is 5.10 Å². The molecule has 0 radical (unpaired) electrons. The molecule has 0 fully saturated rings. The quantitative estimate of drug-likeness (QED) is 0.298. The zero-order valence-corrected chi connectivity index (χ0v) is 14.4. The molecule has 0 bridgehead atoms. The van der Waals surface area contributed by atoms with Gasteiger partial charge in [-0.1, -0.05) is 30.3 Å². The molecule has 0 aliphatic rings. The molecule has 6 heteroatoms. The Labute approximate surface area is 150 Å². The molecular formula is C20H17N3O3. The van der Waals surface area contributed by atoms with Crippen molar-refractivity contribution in [3.63, 3.8) is 0 Å². The van der Waals surface area contributed by atoms with Gasteiger partial charge in [-0.05, 0) is 44.2 Å². The van der Waals surface area contributed by atoms with Gasteiger partial charge in [-0.15, -0.1) is 0 Å². The number of aryl methyl sites for hydroxylation is 1. The van der Waals surface area contributed by atoms with E-state index in [4.69, 9.17) is 0 Å². The van der Waals surface area contributed by atoms with Gasteiger partial charge in [0.1, 0.15) is 0 Å². The number of ketones is 1. The summed E-state index contributed by atoms with van der Waals surface area (Å²) in [6.07, 6.45) is 2.83. The van der Waals surface area contributed by atoms with Crippen molar-refractivity contribution in [2.24, 2.45) is 0 Å². The Kier molecular flexibility index (Phi) is 4.75. The predicted molar refractivity (Wildman–Crippen MR) is 99.5 cm³/mol. The fourth-order valence-corrected chi connectivity index (χ4v) is 2.86. The SMILES string of the molecule is Cc1nn(-c2ccccc2)c(C)c1C(=O)C=Cc1ccccc1[N+](=O)[O-]. The van der Waals surface area contributed by atoms with Gasteiger partial charge in [0.25, 0.3) is 5.69 Å². The number of hydrogen-bond donors (Lipinski definition) is 0. The van der Waals surface area contributed by atoms with Crippen LogP contribution in [0.15, 0.2) is 60.7 Å². The van der Waals surface area contributed by atoms with Crippen LogP contribution in [0.5, 0.6) is 0 Å². The van der Waals surface area contributed by atoms with Crippen molar-refractivity contribution in [1.82, 2.24) is 9.78 Å². The molecule has 1 aromatic heterocycles. The lowest BCUT2D eigenvalue weighted by atomic mass is 10.1. The van der Waals surface area contributed by atoms with Crippen LogP contribution >= 0.6 is 0 Å². The lowest BCUT2D eigenvalue weighted by Gasteiger charge is -2.04. The maximum atomic E-state index is 12.7. The maximum absolute atomic E-state index is 12.7. The lowest BCUT2D eigenvalue weighted by Crippen LogP contribution is -2.01. The summed E-state index contributed by atoms with van der Waals surface area (Å²) in [5.41, 5.74) is 3.06. The molecule has 0 saturated heterocycles. The van der Waals surface area contributed by atoms with Crippen molar-refractivity contribution in [2.45, 2.75) is 13.8 Å². The van der Waals surface area contributed by atoms with Gasteiger partial charge in [0.15, 0.2) is 5.78 Å². The lowest BCUT2D eigenvalue weighted by molar-refractivity contribution is -0.385. The number of nitro benzene ring substituents is 1. The molecule has 3 rings (SSSR count). The van der Waals surface area contributed by atoms with Crippen molar-refractivity contribution in [2.75, 3.05) is 0 Å². The molecule has 130 valence electrons. The van der Waals surface area contributed by atoms with Gasteiger partial charge in [-0.3, -0.25) is 14.9 Å². The Morgan fingerprint density at radius 2 is 1.73 bits per heavy atom. The second-order valence-corrected chi connectivity index (χ2v) is 5.81. The van der Waals surface area contributed by atoms with Crippen LogP contribution in [0.2, 0.25) is 0 Å². The number of allylic oxidation sites excluding steroid dienone is 1. The highest BCUT2D eigenvalue weighted by Crippen LogP contribution is 2.21. The molecule has 0 saturated carbocycles. The molecule has 0 amide bonds. The summed E-state index contributed by atoms with van der Waals surface area (Å²) in [6.45, 7) is 3.61. The third kappa shape index (κ3) is 3.30. The van der Waals surface area contributed by atoms with Gasteiger partial charge in [0, 0.05) is 6.07 Å². The van der Waals surface area contributed by atoms with E-state index in [9.17, 15) is 14.9 Å². The van der Waals surface area contributed by atoms with Gasteiger partial charge < -0.3 is 0 Å². The molecule has 1 heterocycles. The van der Waals surface area contributed by atoms with Crippen LogP contribution in [0.25, 0.3) is 11.8 Å². The van der Waals surface area contributed by atoms with E-state index in [1.165, 1.54) is 18.2 Å². The first-order chi connectivity index (χ1) is 12.5. The molecule has 0 unspecified atom stereocenters. The zero-order valence-electron chi connectivity index (χ0n) is 14.4. The Morgan fingerprint density at radius 3 is 2.42 bits per heavy atom. The van der Waals surface area contributed by atoms with Crippen LogP contribution in [0.1, 0.15) is 27.3 Å². The normalized spacial score (nSPS) is 11.0.